The third-order valence-electron chi connectivity index (χ3n) is 4.41. The lowest BCUT2D eigenvalue weighted by molar-refractivity contribution is -0.385. The number of hydrogen-bond acceptors (Lipinski definition) is 5. The Hall–Kier alpha value is -1.50. The second kappa shape index (κ2) is 6.51. The van der Waals surface area contributed by atoms with Gasteiger partial charge < -0.3 is 10.6 Å². The Morgan fingerprint density at radius 1 is 1.48 bits per heavy atom. The predicted molar refractivity (Wildman–Crippen MR) is 83.3 cm³/mol. The van der Waals surface area contributed by atoms with E-state index in [4.69, 9.17) is 5.73 Å². The van der Waals surface area contributed by atoms with Gasteiger partial charge >= 0.3 is 0 Å². The van der Waals surface area contributed by atoms with Crippen molar-refractivity contribution in [3.8, 4) is 0 Å². The summed E-state index contributed by atoms with van der Waals surface area (Å²) in [6, 6.07) is 5.94. The maximum atomic E-state index is 11.1. The molecule has 2 atom stereocenters. The van der Waals surface area contributed by atoms with Gasteiger partial charge in [0.2, 0.25) is 0 Å². The third-order valence-corrected chi connectivity index (χ3v) is 4.41. The van der Waals surface area contributed by atoms with E-state index in [1.807, 2.05) is 12.1 Å². The molecule has 1 aliphatic rings. The molecule has 6 nitrogen and oxygen atoms in total. The highest BCUT2D eigenvalue weighted by atomic mass is 16.6. The molecule has 1 aliphatic heterocycles. The van der Waals surface area contributed by atoms with E-state index in [0.717, 1.165) is 25.2 Å². The second-order valence-electron chi connectivity index (χ2n) is 5.87. The zero-order valence-corrected chi connectivity index (χ0v) is 13.0. The summed E-state index contributed by atoms with van der Waals surface area (Å²) in [4.78, 5) is 15.4. The first-order chi connectivity index (χ1) is 9.93. The molecule has 1 aromatic rings. The molecule has 0 bridgehead atoms. The van der Waals surface area contributed by atoms with Crippen LogP contribution in [0.2, 0.25) is 0 Å². The average molecular weight is 292 g/mol. The molecular formula is C15H24N4O2. The number of hydrogen-bond donors (Lipinski definition) is 1. The Kier molecular flexibility index (Phi) is 4.92. The zero-order chi connectivity index (χ0) is 15.6. The first kappa shape index (κ1) is 15.9. The molecule has 0 aromatic heterocycles. The monoisotopic (exact) mass is 292 g/mol. The van der Waals surface area contributed by atoms with Gasteiger partial charge in [0.25, 0.3) is 5.69 Å². The number of aryl methyl sites for hydroxylation is 1. The van der Waals surface area contributed by atoms with Crippen LogP contribution in [0.4, 0.5) is 5.69 Å². The van der Waals surface area contributed by atoms with Crippen LogP contribution in [0.25, 0.3) is 0 Å². The van der Waals surface area contributed by atoms with E-state index in [9.17, 15) is 10.1 Å². The summed E-state index contributed by atoms with van der Waals surface area (Å²) in [5, 5.41) is 11.1. The van der Waals surface area contributed by atoms with Crippen molar-refractivity contribution in [2.45, 2.75) is 25.9 Å². The van der Waals surface area contributed by atoms with Crippen LogP contribution in [0.15, 0.2) is 18.2 Å². The van der Waals surface area contributed by atoms with Gasteiger partial charge in [0.05, 0.1) is 4.92 Å². The van der Waals surface area contributed by atoms with Crippen molar-refractivity contribution < 1.29 is 4.92 Å². The molecule has 1 saturated heterocycles. The van der Waals surface area contributed by atoms with Crippen LogP contribution in [0.1, 0.15) is 24.1 Å². The molecule has 1 aromatic carbocycles. The predicted octanol–water partition coefficient (Wildman–Crippen LogP) is 1.54. The lowest BCUT2D eigenvalue weighted by Gasteiger charge is -2.43. The molecule has 116 valence electrons. The Morgan fingerprint density at radius 2 is 2.19 bits per heavy atom. The molecule has 0 amide bonds. The van der Waals surface area contributed by atoms with E-state index in [-0.39, 0.29) is 16.7 Å². The summed E-state index contributed by atoms with van der Waals surface area (Å²) in [5.74, 6) is 0. The summed E-state index contributed by atoms with van der Waals surface area (Å²) in [6.07, 6.45) is 0. The third kappa shape index (κ3) is 3.40. The summed E-state index contributed by atoms with van der Waals surface area (Å²) in [7, 11) is 2.10. The maximum Gasteiger partial charge on any atom is 0.272 e. The standard InChI is InChI=1S/C15H24N4O2/c1-11-4-5-13(8-15(11)19(20)21)12(2)18-7-6-17(3)10-14(18)9-16/h4-5,8,12,14H,6-7,9-10,16H2,1-3H3. The van der Waals surface area contributed by atoms with Gasteiger partial charge in [-0.25, -0.2) is 0 Å². The fraction of sp³-hybridized carbons (Fsp3) is 0.600. The number of nitrogens with zero attached hydrogens (tertiary/aromatic N) is 3. The van der Waals surface area contributed by atoms with Crippen LogP contribution in [-0.4, -0.2) is 54.0 Å². The minimum atomic E-state index is -0.310. The van der Waals surface area contributed by atoms with Crippen molar-refractivity contribution in [2.24, 2.45) is 5.73 Å². The Morgan fingerprint density at radius 3 is 2.81 bits per heavy atom. The number of benzene rings is 1. The molecule has 0 aliphatic carbocycles. The Balaban J connectivity index is 2.24. The summed E-state index contributed by atoms with van der Waals surface area (Å²) >= 11 is 0. The van der Waals surface area contributed by atoms with Crippen LogP contribution in [0, 0.1) is 17.0 Å². The molecular weight excluding hydrogens is 268 g/mol. The Labute approximate surface area is 125 Å². The van der Waals surface area contributed by atoms with E-state index in [2.05, 4.69) is 23.8 Å². The lowest BCUT2D eigenvalue weighted by Crippen LogP contribution is -2.55. The zero-order valence-electron chi connectivity index (χ0n) is 13.0. The van der Waals surface area contributed by atoms with Crippen molar-refractivity contribution in [2.75, 3.05) is 33.2 Å². The first-order valence-corrected chi connectivity index (χ1v) is 7.33. The van der Waals surface area contributed by atoms with Crippen LogP contribution in [0.5, 0.6) is 0 Å². The van der Waals surface area contributed by atoms with E-state index < -0.39 is 0 Å². The van der Waals surface area contributed by atoms with Crippen molar-refractivity contribution in [3.05, 3.63) is 39.4 Å². The summed E-state index contributed by atoms with van der Waals surface area (Å²) in [6.45, 7) is 7.33. The first-order valence-electron chi connectivity index (χ1n) is 7.33. The van der Waals surface area contributed by atoms with Crippen molar-refractivity contribution in [1.82, 2.24) is 9.80 Å². The SMILES string of the molecule is Cc1ccc(C(C)N2CCN(C)CC2CN)cc1[N+](=O)[O-]. The second-order valence-corrected chi connectivity index (χ2v) is 5.87. The number of nitro benzene ring substituents is 1. The summed E-state index contributed by atoms with van der Waals surface area (Å²) in [5.41, 5.74) is 7.77. The van der Waals surface area contributed by atoms with Crippen molar-refractivity contribution in [3.63, 3.8) is 0 Å². The quantitative estimate of drug-likeness (QED) is 0.673. The van der Waals surface area contributed by atoms with Gasteiger partial charge in [0.15, 0.2) is 0 Å². The van der Waals surface area contributed by atoms with Gasteiger partial charge in [0, 0.05) is 49.9 Å². The molecule has 2 unspecified atom stereocenters. The van der Waals surface area contributed by atoms with Gasteiger partial charge in [-0.1, -0.05) is 12.1 Å². The van der Waals surface area contributed by atoms with E-state index in [1.54, 1.807) is 13.0 Å². The smallest absolute Gasteiger partial charge is 0.272 e. The fourth-order valence-electron chi connectivity index (χ4n) is 3.02. The van der Waals surface area contributed by atoms with Crippen molar-refractivity contribution >= 4 is 5.69 Å². The van der Waals surface area contributed by atoms with Crippen LogP contribution in [-0.2, 0) is 0 Å². The van der Waals surface area contributed by atoms with Gasteiger partial charge in [0.1, 0.15) is 0 Å². The van der Waals surface area contributed by atoms with Crippen LogP contribution < -0.4 is 5.73 Å². The average Bonchev–Trinajstić information content (AvgIpc) is 2.46. The molecule has 0 spiro atoms. The molecule has 21 heavy (non-hydrogen) atoms. The van der Waals surface area contributed by atoms with Crippen molar-refractivity contribution in [1.29, 1.82) is 0 Å². The minimum absolute atomic E-state index is 0.131. The number of likely N-dealkylation sites (N-methyl/N-ethyl adjacent to an activating group) is 1. The van der Waals surface area contributed by atoms with Gasteiger partial charge in [-0.15, -0.1) is 0 Å². The highest BCUT2D eigenvalue weighted by Crippen LogP contribution is 2.28. The topological polar surface area (TPSA) is 75.6 Å². The van der Waals surface area contributed by atoms with E-state index in [1.165, 1.54) is 0 Å². The summed E-state index contributed by atoms with van der Waals surface area (Å²) < 4.78 is 0. The Bertz CT molecular complexity index is 520. The molecule has 0 saturated carbocycles. The maximum absolute atomic E-state index is 11.1. The van der Waals surface area contributed by atoms with E-state index >= 15 is 0 Å². The highest BCUT2D eigenvalue weighted by molar-refractivity contribution is 5.43. The molecule has 1 heterocycles. The van der Waals surface area contributed by atoms with Gasteiger partial charge in [-0.2, -0.15) is 0 Å². The van der Waals surface area contributed by atoms with Gasteiger partial charge in [-0.05, 0) is 26.5 Å². The largest absolute Gasteiger partial charge is 0.329 e. The van der Waals surface area contributed by atoms with E-state index in [0.29, 0.717) is 18.2 Å². The van der Waals surface area contributed by atoms with Gasteiger partial charge in [-0.3, -0.25) is 15.0 Å². The number of rotatable bonds is 4. The molecule has 0 radical (unpaired) electrons. The highest BCUT2D eigenvalue weighted by Gasteiger charge is 2.29. The number of nitrogens with two attached hydrogens (primary N) is 1. The lowest BCUT2D eigenvalue weighted by atomic mass is 10.0. The van der Waals surface area contributed by atoms with Crippen LogP contribution in [0.3, 0.4) is 0 Å². The number of piperazine rings is 1. The van der Waals surface area contributed by atoms with Crippen LogP contribution >= 0.6 is 0 Å². The molecule has 6 heteroatoms. The normalized spacial score (nSPS) is 22.2. The molecule has 1 fully saturated rings. The minimum Gasteiger partial charge on any atom is -0.329 e. The number of nitro groups is 1. The fourth-order valence-corrected chi connectivity index (χ4v) is 3.02. The molecule has 2 rings (SSSR count). The molecule has 2 N–H and O–H groups in total.